The van der Waals surface area contributed by atoms with E-state index in [1.807, 2.05) is 0 Å². The van der Waals surface area contributed by atoms with Crippen LogP contribution in [0, 0.1) is 0 Å². The van der Waals surface area contributed by atoms with Crippen molar-refractivity contribution in [2.75, 3.05) is 0 Å². The second-order valence-electron chi connectivity index (χ2n) is 3.32. The molecule has 1 aliphatic carbocycles. The molecule has 0 N–H and O–H groups in total. The Morgan fingerprint density at radius 3 is 1.69 bits per heavy atom. The van der Waals surface area contributed by atoms with E-state index in [9.17, 15) is 21.7 Å². The normalized spacial score (nSPS) is 23.8. The first-order valence-electron chi connectivity index (χ1n) is 3.89. The minimum Gasteiger partial charge on any atom is -0.449 e. The van der Waals surface area contributed by atoms with Gasteiger partial charge in [0.05, 0.1) is 0 Å². The van der Waals surface area contributed by atoms with Crippen LogP contribution in [0.25, 0.3) is 0 Å². The van der Waals surface area contributed by atoms with Gasteiger partial charge in [0.1, 0.15) is 0 Å². The molecule has 0 nitrogen and oxygen atoms in total. The minimum absolute atomic E-state index is 0. The van der Waals surface area contributed by atoms with Gasteiger partial charge in [-0.15, -0.1) is 0 Å². The summed E-state index contributed by atoms with van der Waals surface area (Å²) >= 11 is 0. The smallest absolute Gasteiger partial charge is 0.449 e. The Kier molecular flexibility index (Phi) is 5.43. The minimum atomic E-state index is -4.91. The van der Waals surface area contributed by atoms with Crippen molar-refractivity contribution in [3.8, 4) is 0 Å². The van der Waals surface area contributed by atoms with Crippen LogP contribution in [0.4, 0.5) is 21.7 Å². The van der Waals surface area contributed by atoms with Crippen molar-refractivity contribution in [1.82, 2.24) is 0 Å². The summed E-state index contributed by atoms with van der Waals surface area (Å²) in [7, 11) is 0. The summed E-state index contributed by atoms with van der Waals surface area (Å²) < 4.78 is 60.8. The van der Waals surface area contributed by atoms with Crippen LogP contribution in [0.15, 0.2) is 0 Å². The summed E-state index contributed by atoms with van der Waals surface area (Å²) in [6.45, 7) is -4.91. The Hall–Kier alpha value is 1.35. The molecule has 0 aromatic heterocycles. The summed E-state index contributed by atoms with van der Waals surface area (Å²) in [5.41, 5.74) is 0. The second-order valence-corrected chi connectivity index (χ2v) is 3.32. The molecular formula is C6H9BF5K. The van der Waals surface area contributed by atoms with Gasteiger partial charge in [-0.2, -0.15) is 0 Å². The van der Waals surface area contributed by atoms with E-state index in [-0.39, 0.29) is 51.4 Å². The van der Waals surface area contributed by atoms with E-state index in [0.717, 1.165) is 0 Å². The van der Waals surface area contributed by atoms with E-state index in [1.165, 1.54) is 0 Å². The largest absolute Gasteiger partial charge is 1.00 e. The summed E-state index contributed by atoms with van der Waals surface area (Å²) in [5, 5.41) is 0. The van der Waals surface area contributed by atoms with Gasteiger partial charge in [-0.05, 0) is 0 Å². The molecule has 0 amide bonds. The standard InChI is InChI=1S/C6H9BF5.K/c8-6(9)3-1-5(2-4-6)7(10,11)12;/h5H,1-4H2;/q-1;+1. The van der Waals surface area contributed by atoms with Crippen LogP contribution < -0.4 is 51.4 Å². The molecule has 0 aliphatic heterocycles. The molecule has 0 unspecified atom stereocenters. The molecule has 1 aliphatic rings. The van der Waals surface area contributed by atoms with Crippen LogP contribution in [-0.2, 0) is 0 Å². The molecule has 0 atom stereocenters. The fourth-order valence-corrected chi connectivity index (χ4v) is 1.44. The fourth-order valence-electron chi connectivity index (χ4n) is 1.44. The van der Waals surface area contributed by atoms with Crippen molar-refractivity contribution in [1.29, 1.82) is 0 Å². The molecule has 72 valence electrons. The Morgan fingerprint density at radius 2 is 1.38 bits per heavy atom. The molecular weight excluding hydrogens is 217 g/mol. The van der Waals surface area contributed by atoms with Crippen molar-refractivity contribution < 1.29 is 73.1 Å². The predicted octanol–water partition coefficient (Wildman–Crippen LogP) is 0.417. The second kappa shape index (κ2) is 4.92. The molecule has 0 radical (unpaired) electrons. The van der Waals surface area contributed by atoms with E-state index in [1.54, 1.807) is 0 Å². The molecule has 13 heavy (non-hydrogen) atoms. The van der Waals surface area contributed by atoms with Crippen LogP contribution in [0.5, 0.6) is 0 Å². The van der Waals surface area contributed by atoms with E-state index >= 15 is 0 Å². The van der Waals surface area contributed by atoms with Gasteiger partial charge in [-0.3, -0.25) is 0 Å². The van der Waals surface area contributed by atoms with Gasteiger partial charge in [0, 0.05) is 12.8 Å². The maximum absolute atomic E-state index is 12.4. The first kappa shape index (κ1) is 14.4. The molecule has 0 saturated heterocycles. The van der Waals surface area contributed by atoms with Gasteiger partial charge in [-0.1, -0.05) is 18.7 Å². The molecule has 0 aromatic carbocycles. The summed E-state index contributed by atoms with van der Waals surface area (Å²) in [6, 6.07) is 0. The summed E-state index contributed by atoms with van der Waals surface area (Å²) in [6.07, 6.45) is -2.04. The van der Waals surface area contributed by atoms with Crippen LogP contribution in [0.2, 0.25) is 5.82 Å². The predicted molar refractivity (Wildman–Crippen MR) is 36.2 cm³/mol. The maximum Gasteiger partial charge on any atom is 1.00 e. The van der Waals surface area contributed by atoms with Gasteiger partial charge in [0.2, 0.25) is 5.92 Å². The molecule has 0 aromatic rings. The Balaban J connectivity index is 0.00000144. The fraction of sp³-hybridized carbons (Fsp3) is 1.00. The third kappa shape index (κ3) is 4.59. The van der Waals surface area contributed by atoms with Crippen LogP contribution in [0.1, 0.15) is 25.7 Å². The molecule has 7 heteroatoms. The molecule has 0 heterocycles. The Bertz CT molecular complexity index is 159. The van der Waals surface area contributed by atoms with Crippen LogP contribution >= 0.6 is 0 Å². The SMILES string of the molecule is F[B-](F)(F)C1CCC(F)(F)CC1.[K+]. The van der Waals surface area contributed by atoms with Gasteiger partial charge >= 0.3 is 58.4 Å². The topological polar surface area (TPSA) is 0 Å². The van der Waals surface area contributed by atoms with Crippen molar-refractivity contribution in [3.05, 3.63) is 0 Å². The van der Waals surface area contributed by atoms with Crippen molar-refractivity contribution in [2.45, 2.75) is 37.4 Å². The maximum atomic E-state index is 12.4. The molecule has 0 spiro atoms. The average Bonchev–Trinajstić information content (AvgIpc) is 1.83. The molecule has 1 rings (SSSR count). The van der Waals surface area contributed by atoms with Crippen LogP contribution in [0.3, 0.4) is 0 Å². The zero-order valence-electron chi connectivity index (χ0n) is 7.37. The molecule has 1 fully saturated rings. The Morgan fingerprint density at radius 1 is 1.00 bits per heavy atom. The first-order valence-corrected chi connectivity index (χ1v) is 3.89. The van der Waals surface area contributed by atoms with Gasteiger partial charge in [0.15, 0.2) is 0 Å². The van der Waals surface area contributed by atoms with E-state index < -0.39 is 44.4 Å². The summed E-state index contributed by atoms with van der Waals surface area (Å²) in [4.78, 5) is 0. The number of hydrogen-bond donors (Lipinski definition) is 0. The van der Waals surface area contributed by atoms with Crippen molar-refractivity contribution in [2.24, 2.45) is 0 Å². The number of hydrogen-bond acceptors (Lipinski definition) is 0. The average molecular weight is 226 g/mol. The molecule has 1 saturated carbocycles. The zero-order valence-corrected chi connectivity index (χ0v) is 10.5. The Labute approximate surface area is 116 Å². The third-order valence-electron chi connectivity index (χ3n) is 2.30. The first-order chi connectivity index (χ1) is 5.31. The third-order valence-corrected chi connectivity index (χ3v) is 2.30. The number of alkyl halides is 2. The summed E-state index contributed by atoms with van der Waals surface area (Å²) in [5.74, 6) is -4.32. The zero-order chi connectivity index (χ0) is 9.41. The number of rotatable bonds is 1. The van der Waals surface area contributed by atoms with E-state index in [4.69, 9.17) is 0 Å². The quantitative estimate of drug-likeness (QED) is 0.449. The number of halogens is 5. The van der Waals surface area contributed by atoms with Crippen molar-refractivity contribution in [3.63, 3.8) is 0 Å². The van der Waals surface area contributed by atoms with E-state index in [2.05, 4.69) is 0 Å². The molecule has 0 bridgehead atoms. The van der Waals surface area contributed by atoms with Crippen molar-refractivity contribution >= 4 is 6.98 Å². The van der Waals surface area contributed by atoms with Gasteiger partial charge in [-0.25, -0.2) is 8.78 Å². The van der Waals surface area contributed by atoms with Gasteiger partial charge < -0.3 is 12.9 Å². The van der Waals surface area contributed by atoms with Gasteiger partial charge in [0.25, 0.3) is 0 Å². The van der Waals surface area contributed by atoms with E-state index in [0.29, 0.717) is 0 Å². The monoisotopic (exact) mass is 226 g/mol. The van der Waals surface area contributed by atoms with Crippen LogP contribution in [-0.4, -0.2) is 12.9 Å².